The third-order valence-corrected chi connectivity index (χ3v) is 8.87. The summed E-state index contributed by atoms with van der Waals surface area (Å²) in [7, 11) is 0. The summed E-state index contributed by atoms with van der Waals surface area (Å²) in [6.07, 6.45) is 5.51. The number of esters is 1. The number of aliphatic hydroxyl groups excluding tert-OH is 1. The highest BCUT2D eigenvalue weighted by molar-refractivity contribution is 9.09. The van der Waals surface area contributed by atoms with Crippen molar-refractivity contribution >= 4 is 51.0 Å². The van der Waals surface area contributed by atoms with E-state index in [1.54, 1.807) is 18.2 Å². The Kier molecular flexibility index (Phi) is 9.02. The van der Waals surface area contributed by atoms with Gasteiger partial charge in [-0.05, 0) is 44.2 Å². The highest BCUT2D eigenvalue weighted by Gasteiger charge is 2.77. The Labute approximate surface area is 236 Å². The molecule has 1 spiro atoms. The van der Waals surface area contributed by atoms with Gasteiger partial charge < -0.3 is 24.4 Å². The first-order valence-corrected chi connectivity index (χ1v) is 14.2. The van der Waals surface area contributed by atoms with Gasteiger partial charge in [0.2, 0.25) is 5.91 Å². The number of amides is 2. The topological polar surface area (TPSA) is 96.4 Å². The van der Waals surface area contributed by atoms with E-state index in [2.05, 4.69) is 29.1 Å². The molecular formula is C28H34BrClN2O6. The average Bonchev–Trinajstić information content (AvgIpc) is 3.46. The molecule has 10 heteroatoms. The van der Waals surface area contributed by atoms with Crippen LogP contribution in [0.15, 0.2) is 43.5 Å². The standard InChI is InChI=1S/C28H34BrClN2O6/c1-4-6-7-8-15-37-27(36)20-21-25(34)32(13-14-33)24(28(21)16-18(29)23(20)38-28)26(35)31(12-5-2)22-17(3)10-9-11-19(22)30/h4-5,9-11,18,20-21,23-24,33H,1-2,6-8,12-16H2,3H3/t18?,20-,21-,23-,24?,28?/m0/s1. The van der Waals surface area contributed by atoms with Crippen molar-refractivity contribution in [1.82, 2.24) is 4.90 Å². The van der Waals surface area contributed by atoms with E-state index >= 15 is 0 Å². The normalized spacial score (nSPS) is 29.3. The van der Waals surface area contributed by atoms with Gasteiger partial charge in [0.15, 0.2) is 0 Å². The largest absolute Gasteiger partial charge is 0.465 e. The van der Waals surface area contributed by atoms with Crippen molar-refractivity contribution in [3.63, 3.8) is 0 Å². The van der Waals surface area contributed by atoms with Crippen molar-refractivity contribution in [2.75, 3.05) is 31.2 Å². The lowest BCUT2D eigenvalue weighted by atomic mass is 9.70. The second kappa shape index (κ2) is 11.9. The number of carbonyl (C=O) groups is 3. The number of unbranched alkanes of at least 4 members (excludes halogenated alkanes) is 2. The van der Waals surface area contributed by atoms with E-state index in [0.717, 1.165) is 18.4 Å². The number of hydrogen-bond acceptors (Lipinski definition) is 6. The zero-order valence-electron chi connectivity index (χ0n) is 21.5. The van der Waals surface area contributed by atoms with E-state index < -0.39 is 41.5 Å². The third-order valence-electron chi connectivity index (χ3n) is 7.72. The molecule has 1 aromatic carbocycles. The molecule has 3 fully saturated rings. The molecule has 0 saturated carbocycles. The molecule has 0 aliphatic carbocycles. The van der Waals surface area contributed by atoms with Gasteiger partial charge in [-0.15, -0.1) is 13.2 Å². The number of rotatable bonds is 12. The molecule has 0 aromatic heterocycles. The summed E-state index contributed by atoms with van der Waals surface area (Å²) in [5.41, 5.74) is 0.0601. The molecule has 3 heterocycles. The zero-order chi connectivity index (χ0) is 27.6. The number of alkyl halides is 1. The van der Waals surface area contributed by atoms with Gasteiger partial charge in [0.1, 0.15) is 11.6 Å². The molecule has 3 aliphatic heterocycles. The minimum Gasteiger partial charge on any atom is -0.465 e. The van der Waals surface area contributed by atoms with E-state index in [9.17, 15) is 19.5 Å². The van der Waals surface area contributed by atoms with E-state index in [4.69, 9.17) is 21.1 Å². The van der Waals surface area contributed by atoms with Crippen LogP contribution in [0.25, 0.3) is 0 Å². The number of aliphatic hydroxyl groups is 1. The maximum absolute atomic E-state index is 14.4. The average molecular weight is 610 g/mol. The number of β-amino-alcohol motifs (C(OH)–C–C–N with tert-alkyl or cyclic N) is 1. The van der Waals surface area contributed by atoms with Crippen LogP contribution in [0.5, 0.6) is 0 Å². The number of hydrogen-bond donors (Lipinski definition) is 1. The van der Waals surface area contributed by atoms with Crippen LogP contribution >= 0.6 is 27.5 Å². The van der Waals surface area contributed by atoms with Crippen LogP contribution in [0.2, 0.25) is 5.02 Å². The van der Waals surface area contributed by atoms with Gasteiger partial charge in [0.25, 0.3) is 5.91 Å². The van der Waals surface area contributed by atoms with Crippen molar-refractivity contribution in [3.8, 4) is 0 Å². The minimum atomic E-state index is -1.25. The summed E-state index contributed by atoms with van der Waals surface area (Å²) < 4.78 is 12.1. The van der Waals surface area contributed by atoms with Crippen molar-refractivity contribution in [3.05, 3.63) is 54.1 Å². The second-order valence-electron chi connectivity index (χ2n) is 10.0. The molecule has 0 radical (unpaired) electrons. The Morgan fingerprint density at radius 1 is 1.34 bits per heavy atom. The number of para-hydroxylation sites is 1. The summed E-state index contributed by atoms with van der Waals surface area (Å²) in [4.78, 5) is 44.1. The molecule has 2 bridgehead atoms. The number of likely N-dealkylation sites (tertiary alicyclic amines) is 1. The maximum Gasteiger partial charge on any atom is 0.312 e. The quantitative estimate of drug-likeness (QED) is 0.168. The third kappa shape index (κ3) is 4.83. The lowest BCUT2D eigenvalue weighted by Gasteiger charge is -2.37. The van der Waals surface area contributed by atoms with E-state index in [1.807, 2.05) is 19.1 Å². The minimum absolute atomic E-state index is 0.0682. The number of benzene rings is 1. The van der Waals surface area contributed by atoms with Gasteiger partial charge in [-0.25, -0.2) is 0 Å². The highest BCUT2D eigenvalue weighted by Crippen LogP contribution is 2.60. The number of aryl methyl sites for hydroxylation is 1. The van der Waals surface area contributed by atoms with Gasteiger partial charge in [0.05, 0.1) is 41.9 Å². The summed E-state index contributed by atoms with van der Waals surface area (Å²) in [5.74, 6) is -3.03. The van der Waals surface area contributed by atoms with Crippen LogP contribution in [0.3, 0.4) is 0 Å². The number of fused-ring (bicyclic) bond motifs is 1. The summed E-state index contributed by atoms with van der Waals surface area (Å²) in [6.45, 7) is 9.33. The van der Waals surface area contributed by atoms with Crippen molar-refractivity contribution in [2.24, 2.45) is 11.8 Å². The van der Waals surface area contributed by atoms with Crippen LogP contribution < -0.4 is 4.90 Å². The first kappa shape index (κ1) is 28.8. The molecule has 4 rings (SSSR count). The van der Waals surface area contributed by atoms with Crippen LogP contribution in [0.4, 0.5) is 5.69 Å². The molecule has 1 aromatic rings. The van der Waals surface area contributed by atoms with Crippen LogP contribution in [-0.2, 0) is 23.9 Å². The van der Waals surface area contributed by atoms with Crippen molar-refractivity contribution < 1.29 is 29.0 Å². The molecule has 38 heavy (non-hydrogen) atoms. The molecule has 3 unspecified atom stereocenters. The Morgan fingerprint density at radius 3 is 2.76 bits per heavy atom. The molecule has 1 N–H and O–H groups in total. The van der Waals surface area contributed by atoms with Gasteiger partial charge in [-0.3, -0.25) is 14.4 Å². The Hall–Kier alpha value is -2.20. The predicted molar refractivity (Wildman–Crippen MR) is 148 cm³/mol. The number of halogens is 2. The zero-order valence-corrected chi connectivity index (χ0v) is 23.8. The van der Waals surface area contributed by atoms with E-state index in [1.165, 1.54) is 9.80 Å². The van der Waals surface area contributed by atoms with Gasteiger partial charge in [-0.2, -0.15) is 0 Å². The Morgan fingerprint density at radius 2 is 2.11 bits per heavy atom. The maximum atomic E-state index is 14.4. The number of nitrogens with zero attached hydrogens (tertiary/aromatic N) is 2. The molecule has 3 aliphatic rings. The summed E-state index contributed by atoms with van der Waals surface area (Å²) in [6, 6.07) is 4.30. The Balaban J connectivity index is 1.70. The van der Waals surface area contributed by atoms with Crippen molar-refractivity contribution in [2.45, 2.75) is 55.2 Å². The summed E-state index contributed by atoms with van der Waals surface area (Å²) >= 11 is 10.2. The van der Waals surface area contributed by atoms with Crippen molar-refractivity contribution in [1.29, 1.82) is 0 Å². The molecule has 6 atom stereocenters. The second-order valence-corrected chi connectivity index (χ2v) is 11.6. The number of ether oxygens (including phenoxy) is 2. The first-order valence-electron chi connectivity index (χ1n) is 12.9. The van der Waals surface area contributed by atoms with Crippen LogP contribution in [0, 0.1) is 18.8 Å². The fourth-order valence-corrected chi connectivity index (χ4v) is 7.49. The fraction of sp³-hybridized carbons (Fsp3) is 0.536. The molecule has 206 valence electrons. The highest BCUT2D eigenvalue weighted by atomic mass is 79.9. The molecule has 2 amide bonds. The molecule has 8 nitrogen and oxygen atoms in total. The molecular weight excluding hydrogens is 576 g/mol. The summed E-state index contributed by atoms with van der Waals surface area (Å²) in [5, 5.41) is 10.2. The first-order chi connectivity index (χ1) is 18.2. The lowest BCUT2D eigenvalue weighted by molar-refractivity contribution is -0.155. The SMILES string of the molecule is C=CCCCCOC(=O)[C@H]1[C@H]2C(=O)N(CCO)C(C(=O)N(CC=C)c3c(C)cccc3Cl)C23CC(Br)[C@@H]1O3. The van der Waals surface area contributed by atoms with Gasteiger partial charge in [-0.1, -0.05) is 51.8 Å². The number of anilines is 1. The van der Waals surface area contributed by atoms with Crippen LogP contribution in [-0.4, -0.2) is 76.7 Å². The smallest absolute Gasteiger partial charge is 0.312 e. The molecule has 3 saturated heterocycles. The number of carbonyl (C=O) groups excluding carboxylic acids is 3. The van der Waals surface area contributed by atoms with Gasteiger partial charge >= 0.3 is 5.97 Å². The fourth-order valence-electron chi connectivity index (χ4n) is 6.22. The lowest BCUT2D eigenvalue weighted by Crippen LogP contribution is -2.57. The number of allylic oxidation sites excluding steroid dienone is 1. The van der Waals surface area contributed by atoms with Gasteiger partial charge in [0, 0.05) is 17.9 Å². The Bertz CT molecular complexity index is 1090. The monoisotopic (exact) mass is 608 g/mol. The van der Waals surface area contributed by atoms with E-state index in [0.29, 0.717) is 23.6 Å². The predicted octanol–water partition coefficient (Wildman–Crippen LogP) is 3.81. The van der Waals surface area contributed by atoms with Crippen LogP contribution in [0.1, 0.15) is 31.2 Å². The van der Waals surface area contributed by atoms with E-state index in [-0.39, 0.29) is 37.0 Å².